The Labute approximate surface area is 66.7 Å². The number of aryl methyl sites for hydroxylation is 1. The van der Waals surface area contributed by atoms with E-state index in [1.165, 1.54) is 6.92 Å². The number of rotatable bonds is 1. The van der Waals surface area contributed by atoms with Crippen LogP contribution in [0.1, 0.15) is 17.7 Å². The minimum atomic E-state index is -2.86. The van der Waals surface area contributed by atoms with Crippen molar-refractivity contribution < 1.29 is 13.9 Å². The van der Waals surface area contributed by atoms with Crippen molar-refractivity contribution in [2.45, 2.75) is 13.3 Å². The van der Waals surface area contributed by atoms with E-state index in [1.807, 2.05) is 0 Å². The highest BCUT2D eigenvalue weighted by molar-refractivity contribution is 5.29. The molecule has 0 saturated carbocycles. The summed E-state index contributed by atoms with van der Waals surface area (Å²) in [5, 5.41) is 8.96. The summed E-state index contributed by atoms with van der Waals surface area (Å²) in [6.07, 6.45) is -1.96. The van der Waals surface area contributed by atoms with E-state index in [1.54, 1.807) is 0 Å². The molecule has 0 bridgehead atoms. The van der Waals surface area contributed by atoms with Crippen LogP contribution in [0.25, 0.3) is 0 Å². The molecule has 1 aromatic heterocycles. The van der Waals surface area contributed by atoms with Crippen LogP contribution in [0.3, 0.4) is 0 Å². The van der Waals surface area contributed by atoms with Crippen LogP contribution in [0.5, 0.6) is 5.75 Å². The van der Waals surface area contributed by atoms with Crippen LogP contribution in [0.15, 0.2) is 11.0 Å². The van der Waals surface area contributed by atoms with Crippen molar-refractivity contribution in [3.63, 3.8) is 0 Å². The molecule has 0 aliphatic rings. The van der Waals surface area contributed by atoms with Crippen molar-refractivity contribution in [3.8, 4) is 5.75 Å². The molecule has 0 aromatic carbocycles. The lowest BCUT2D eigenvalue weighted by molar-refractivity contribution is 0.149. The Morgan fingerprint density at radius 3 is 2.67 bits per heavy atom. The third-order valence-corrected chi connectivity index (χ3v) is 1.51. The first kappa shape index (κ1) is 8.70. The number of hydrogen-bond acceptors (Lipinski definition) is 2. The highest BCUT2D eigenvalue weighted by Gasteiger charge is 2.15. The van der Waals surface area contributed by atoms with E-state index in [0.29, 0.717) is 0 Å². The van der Waals surface area contributed by atoms with Gasteiger partial charge in [0.1, 0.15) is 0 Å². The average molecular weight is 175 g/mol. The smallest absolute Gasteiger partial charge is 0.269 e. The highest BCUT2D eigenvalue weighted by Crippen LogP contribution is 2.17. The maximum absolute atomic E-state index is 12.0. The molecule has 5 heteroatoms. The lowest BCUT2D eigenvalue weighted by Crippen LogP contribution is -2.10. The molecule has 0 radical (unpaired) electrons. The van der Waals surface area contributed by atoms with Crippen LogP contribution < -0.4 is 5.43 Å². The molecule has 0 fully saturated rings. The van der Waals surface area contributed by atoms with Gasteiger partial charge in [-0.15, -0.1) is 0 Å². The second-order valence-electron chi connectivity index (χ2n) is 2.35. The van der Waals surface area contributed by atoms with E-state index in [-0.39, 0.29) is 5.69 Å². The maximum Gasteiger partial charge on any atom is 0.269 e. The number of aromatic nitrogens is 1. The number of aromatic amines is 1. The molecule has 0 spiro atoms. The Bertz CT molecular complexity index is 346. The number of pyridine rings is 1. The van der Waals surface area contributed by atoms with Gasteiger partial charge in [-0.1, -0.05) is 0 Å². The van der Waals surface area contributed by atoms with Crippen molar-refractivity contribution >= 4 is 0 Å². The van der Waals surface area contributed by atoms with E-state index in [4.69, 9.17) is 5.11 Å². The Morgan fingerprint density at radius 2 is 2.17 bits per heavy atom. The number of halogens is 2. The molecular formula is C7H7F2NO2. The minimum Gasteiger partial charge on any atom is -0.503 e. The third kappa shape index (κ3) is 1.30. The predicted molar refractivity (Wildman–Crippen MR) is 38.4 cm³/mol. The van der Waals surface area contributed by atoms with Gasteiger partial charge in [-0.3, -0.25) is 4.79 Å². The molecule has 0 saturated heterocycles. The molecule has 0 atom stereocenters. The maximum atomic E-state index is 12.0. The summed E-state index contributed by atoms with van der Waals surface area (Å²) in [7, 11) is 0. The zero-order chi connectivity index (χ0) is 9.30. The SMILES string of the molecule is Cc1[nH]cc(C(F)F)c(=O)c1O. The topological polar surface area (TPSA) is 53.1 Å². The summed E-state index contributed by atoms with van der Waals surface area (Å²) in [5.74, 6) is -0.646. The predicted octanol–water partition coefficient (Wildman–Crippen LogP) is 1.33. The van der Waals surface area contributed by atoms with E-state index < -0.39 is 23.2 Å². The molecule has 1 rings (SSSR count). The normalized spacial score (nSPS) is 10.7. The Balaban J connectivity index is 3.37. The van der Waals surface area contributed by atoms with Crippen molar-refractivity contribution in [1.82, 2.24) is 4.98 Å². The summed E-state index contributed by atoms with van der Waals surface area (Å²) in [6, 6.07) is 0. The molecule has 0 aliphatic heterocycles. The van der Waals surface area contributed by atoms with Crippen molar-refractivity contribution in [2.24, 2.45) is 0 Å². The van der Waals surface area contributed by atoms with Crippen LogP contribution >= 0.6 is 0 Å². The van der Waals surface area contributed by atoms with Crippen molar-refractivity contribution in [2.75, 3.05) is 0 Å². The molecule has 0 aliphatic carbocycles. The van der Waals surface area contributed by atoms with E-state index in [9.17, 15) is 13.6 Å². The summed E-state index contributed by atoms with van der Waals surface area (Å²) in [5.41, 5.74) is -1.54. The molecule has 1 aromatic rings. The molecule has 0 unspecified atom stereocenters. The van der Waals surface area contributed by atoms with Crippen LogP contribution in [0, 0.1) is 6.92 Å². The van der Waals surface area contributed by atoms with Gasteiger partial charge in [0.05, 0.1) is 11.3 Å². The number of aromatic hydroxyl groups is 1. The fourth-order valence-electron chi connectivity index (χ4n) is 0.789. The third-order valence-electron chi connectivity index (χ3n) is 1.51. The number of nitrogens with one attached hydrogen (secondary N) is 1. The quantitative estimate of drug-likeness (QED) is 0.676. The van der Waals surface area contributed by atoms with Crippen LogP contribution in [-0.4, -0.2) is 10.1 Å². The standard InChI is InChI=1S/C7H7F2NO2/c1-3-5(11)6(12)4(2-10-3)7(8)9/h2,7,11H,1H3,(H,10,12). The zero-order valence-corrected chi connectivity index (χ0v) is 6.27. The van der Waals surface area contributed by atoms with Gasteiger partial charge in [-0.2, -0.15) is 0 Å². The fraction of sp³-hybridized carbons (Fsp3) is 0.286. The molecule has 1 heterocycles. The summed E-state index contributed by atoms with van der Waals surface area (Å²) in [4.78, 5) is 13.2. The van der Waals surface area contributed by atoms with Gasteiger partial charge in [-0.25, -0.2) is 8.78 Å². The van der Waals surface area contributed by atoms with Gasteiger partial charge in [0.15, 0.2) is 5.75 Å². The largest absolute Gasteiger partial charge is 0.503 e. The van der Waals surface area contributed by atoms with Gasteiger partial charge in [0.25, 0.3) is 6.43 Å². The first-order valence-electron chi connectivity index (χ1n) is 3.23. The Kier molecular flexibility index (Phi) is 2.12. The number of hydrogen-bond donors (Lipinski definition) is 2. The lowest BCUT2D eigenvalue weighted by Gasteiger charge is -2.01. The Morgan fingerprint density at radius 1 is 1.58 bits per heavy atom. The summed E-state index contributed by atoms with van der Waals surface area (Å²) in [6.45, 7) is 1.42. The van der Waals surface area contributed by atoms with Gasteiger partial charge < -0.3 is 10.1 Å². The molecule has 12 heavy (non-hydrogen) atoms. The molecule has 3 nitrogen and oxygen atoms in total. The van der Waals surface area contributed by atoms with Crippen LogP contribution in [-0.2, 0) is 0 Å². The van der Waals surface area contributed by atoms with Gasteiger partial charge in [0.2, 0.25) is 5.43 Å². The minimum absolute atomic E-state index is 0.185. The monoisotopic (exact) mass is 175 g/mol. The van der Waals surface area contributed by atoms with Crippen LogP contribution in [0.4, 0.5) is 8.78 Å². The summed E-state index contributed by atoms with van der Waals surface area (Å²) >= 11 is 0. The first-order chi connectivity index (χ1) is 5.54. The average Bonchev–Trinajstić information content (AvgIpc) is 2.00. The Hall–Kier alpha value is -1.39. The van der Waals surface area contributed by atoms with Gasteiger partial charge >= 0.3 is 0 Å². The molecular weight excluding hydrogens is 168 g/mol. The number of H-pyrrole nitrogens is 1. The molecule has 66 valence electrons. The zero-order valence-electron chi connectivity index (χ0n) is 6.27. The highest BCUT2D eigenvalue weighted by atomic mass is 19.3. The van der Waals surface area contributed by atoms with Crippen molar-refractivity contribution in [3.05, 3.63) is 27.7 Å². The lowest BCUT2D eigenvalue weighted by atomic mass is 10.2. The van der Waals surface area contributed by atoms with E-state index in [0.717, 1.165) is 6.20 Å². The van der Waals surface area contributed by atoms with Gasteiger partial charge in [-0.05, 0) is 6.92 Å². The second-order valence-corrected chi connectivity index (χ2v) is 2.35. The van der Waals surface area contributed by atoms with E-state index in [2.05, 4.69) is 4.98 Å². The van der Waals surface area contributed by atoms with Crippen molar-refractivity contribution in [1.29, 1.82) is 0 Å². The molecule has 2 N–H and O–H groups in total. The summed E-state index contributed by atoms with van der Waals surface area (Å²) < 4.78 is 24.0. The molecule has 0 amide bonds. The first-order valence-corrected chi connectivity index (χ1v) is 3.23. The van der Waals surface area contributed by atoms with Crippen LogP contribution in [0.2, 0.25) is 0 Å². The van der Waals surface area contributed by atoms with E-state index >= 15 is 0 Å². The van der Waals surface area contributed by atoms with Gasteiger partial charge in [0, 0.05) is 6.20 Å². The second kappa shape index (κ2) is 2.92. The number of alkyl halides is 2. The fourth-order valence-corrected chi connectivity index (χ4v) is 0.789.